The monoisotopic (exact) mass is 380 g/mol. The Bertz CT molecular complexity index is 877. The number of alkyl halides is 3. The molecule has 3 nitrogen and oxygen atoms in total. The fraction of sp³-hybridized carbons (Fsp3) is 0.211. The van der Waals surface area contributed by atoms with Crippen LogP contribution in [-0.2, 0) is 6.18 Å². The van der Waals surface area contributed by atoms with Crippen LogP contribution in [0.5, 0.6) is 5.75 Å². The van der Waals surface area contributed by atoms with Gasteiger partial charge in [0.05, 0.1) is 11.1 Å². The molecule has 2 aromatic rings. The molecule has 2 N–H and O–H groups in total. The van der Waals surface area contributed by atoms with Gasteiger partial charge in [0.25, 0.3) is 0 Å². The number of benzene rings is 2. The zero-order valence-corrected chi connectivity index (χ0v) is 14.4. The summed E-state index contributed by atoms with van der Waals surface area (Å²) in [6, 6.07) is 10.5. The number of amidine groups is 1. The molecule has 0 saturated heterocycles. The van der Waals surface area contributed by atoms with E-state index in [9.17, 15) is 18.3 Å². The van der Waals surface area contributed by atoms with Crippen molar-refractivity contribution in [3.63, 3.8) is 0 Å². The Kier molecular flexibility index (Phi) is 4.96. The molecule has 1 aliphatic rings. The van der Waals surface area contributed by atoms with Crippen molar-refractivity contribution < 1.29 is 18.3 Å². The van der Waals surface area contributed by atoms with Crippen LogP contribution in [0.15, 0.2) is 48.5 Å². The summed E-state index contributed by atoms with van der Waals surface area (Å²) in [4.78, 5) is 1.50. The molecule has 0 aliphatic carbocycles. The second-order valence-corrected chi connectivity index (χ2v) is 6.36. The Morgan fingerprint density at radius 3 is 2.46 bits per heavy atom. The molecule has 2 aromatic carbocycles. The van der Waals surface area contributed by atoms with Gasteiger partial charge >= 0.3 is 6.18 Å². The molecule has 7 heteroatoms. The molecule has 0 radical (unpaired) electrons. The van der Waals surface area contributed by atoms with Crippen LogP contribution in [0.2, 0.25) is 5.02 Å². The molecule has 0 fully saturated rings. The van der Waals surface area contributed by atoms with E-state index in [4.69, 9.17) is 17.0 Å². The molecule has 1 heterocycles. The number of nitrogens with zero attached hydrogens (tertiary/aromatic N) is 1. The average molecular weight is 381 g/mol. The molecule has 0 amide bonds. The topological polar surface area (TPSA) is 47.3 Å². The number of aromatic hydroxyl groups is 1. The molecule has 3 rings (SSSR count). The van der Waals surface area contributed by atoms with Crippen LogP contribution in [-0.4, -0.2) is 28.9 Å². The van der Waals surface area contributed by atoms with E-state index in [0.717, 1.165) is 29.3 Å². The molecule has 136 valence electrons. The minimum Gasteiger partial charge on any atom is -0.507 e. The number of phenols is 1. The number of hydrogen-bond donors (Lipinski definition) is 2. The molecule has 0 saturated carbocycles. The fourth-order valence-electron chi connectivity index (χ4n) is 3.02. The molecular formula is C19H16ClF3N2O. The Balaban J connectivity index is 1.87. The largest absolute Gasteiger partial charge is 0.507 e. The maximum Gasteiger partial charge on any atom is 0.417 e. The molecule has 1 aliphatic heterocycles. The summed E-state index contributed by atoms with van der Waals surface area (Å²) in [5.41, 5.74) is 0.379. The van der Waals surface area contributed by atoms with Crippen molar-refractivity contribution in [2.45, 2.75) is 12.6 Å². The Morgan fingerprint density at radius 2 is 1.85 bits per heavy atom. The van der Waals surface area contributed by atoms with Crippen molar-refractivity contribution in [3.8, 4) is 5.75 Å². The molecule has 0 atom stereocenters. The lowest BCUT2D eigenvalue weighted by Gasteiger charge is -2.30. The number of rotatable bonds is 2. The lowest BCUT2D eigenvalue weighted by atomic mass is 9.98. The van der Waals surface area contributed by atoms with E-state index in [2.05, 4.69) is 0 Å². The van der Waals surface area contributed by atoms with Crippen molar-refractivity contribution in [2.24, 2.45) is 0 Å². The van der Waals surface area contributed by atoms with Gasteiger partial charge in [-0.1, -0.05) is 41.9 Å². The van der Waals surface area contributed by atoms with Crippen molar-refractivity contribution in [1.29, 1.82) is 5.41 Å². The molecule has 0 aromatic heterocycles. The summed E-state index contributed by atoms with van der Waals surface area (Å²) in [5.74, 6) is -0.893. The second-order valence-electron chi connectivity index (χ2n) is 5.95. The lowest BCUT2D eigenvalue weighted by Crippen LogP contribution is -2.36. The van der Waals surface area contributed by atoms with E-state index in [1.165, 1.54) is 4.90 Å². The van der Waals surface area contributed by atoms with Gasteiger partial charge in [0.2, 0.25) is 0 Å². The molecule has 0 unspecified atom stereocenters. The average Bonchev–Trinajstić information content (AvgIpc) is 2.61. The van der Waals surface area contributed by atoms with Crippen molar-refractivity contribution in [3.05, 3.63) is 70.3 Å². The van der Waals surface area contributed by atoms with Gasteiger partial charge in [-0.25, -0.2) is 0 Å². The number of phenolic OH excluding ortho intramolecular Hbond substituents is 1. The molecule has 0 spiro atoms. The highest BCUT2D eigenvalue weighted by Gasteiger charge is 2.36. The van der Waals surface area contributed by atoms with Gasteiger partial charge in [0, 0.05) is 18.1 Å². The quantitative estimate of drug-likeness (QED) is 0.557. The SMILES string of the molecule is N=C(c1c(O)cccc1C(F)(F)F)N1CC=C(c2ccccc2Cl)CC1. The first kappa shape index (κ1) is 18.3. The van der Waals surface area contributed by atoms with Gasteiger partial charge in [-0.3, -0.25) is 5.41 Å². The van der Waals surface area contributed by atoms with E-state index in [0.29, 0.717) is 18.0 Å². The molecular weight excluding hydrogens is 365 g/mol. The molecule has 26 heavy (non-hydrogen) atoms. The third-order valence-electron chi connectivity index (χ3n) is 4.33. The lowest BCUT2D eigenvalue weighted by molar-refractivity contribution is -0.137. The standard InChI is InChI=1S/C19H16ClF3N2O/c20-15-6-2-1-4-13(15)12-8-10-25(11-9-12)18(24)17-14(19(21,22)23)5-3-7-16(17)26/h1-8,24,26H,9-11H2. The normalized spacial score (nSPS) is 14.9. The summed E-state index contributed by atoms with van der Waals surface area (Å²) in [6.45, 7) is 0.631. The fourth-order valence-corrected chi connectivity index (χ4v) is 3.28. The third-order valence-corrected chi connectivity index (χ3v) is 4.66. The van der Waals surface area contributed by atoms with Gasteiger partial charge in [0.1, 0.15) is 11.6 Å². The summed E-state index contributed by atoms with van der Waals surface area (Å²) in [5, 5.41) is 18.7. The van der Waals surface area contributed by atoms with E-state index < -0.39 is 23.1 Å². The van der Waals surface area contributed by atoms with Crippen LogP contribution in [0.4, 0.5) is 13.2 Å². The van der Waals surface area contributed by atoms with E-state index >= 15 is 0 Å². The van der Waals surface area contributed by atoms with Crippen LogP contribution in [0.1, 0.15) is 23.1 Å². The maximum absolute atomic E-state index is 13.2. The van der Waals surface area contributed by atoms with Gasteiger partial charge in [-0.15, -0.1) is 0 Å². The highest BCUT2D eigenvalue weighted by Crippen LogP contribution is 2.37. The zero-order chi connectivity index (χ0) is 18.9. The maximum atomic E-state index is 13.2. The van der Waals surface area contributed by atoms with Crippen LogP contribution < -0.4 is 0 Å². The predicted molar refractivity (Wildman–Crippen MR) is 95.6 cm³/mol. The van der Waals surface area contributed by atoms with E-state index in [-0.39, 0.29) is 12.4 Å². The van der Waals surface area contributed by atoms with Crippen LogP contribution >= 0.6 is 11.6 Å². The first-order valence-electron chi connectivity index (χ1n) is 7.96. The minimum atomic E-state index is -4.64. The first-order chi connectivity index (χ1) is 12.3. The van der Waals surface area contributed by atoms with Crippen molar-refractivity contribution in [1.82, 2.24) is 4.90 Å². The first-order valence-corrected chi connectivity index (χ1v) is 8.34. The molecule has 0 bridgehead atoms. The van der Waals surface area contributed by atoms with Gasteiger partial charge in [-0.2, -0.15) is 13.2 Å². The van der Waals surface area contributed by atoms with Gasteiger partial charge in [0.15, 0.2) is 0 Å². The Hall–Kier alpha value is -2.47. The van der Waals surface area contributed by atoms with Gasteiger partial charge < -0.3 is 10.0 Å². The number of nitrogens with one attached hydrogen (secondary N) is 1. The summed E-state index contributed by atoms with van der Waals surface area (Å²) >= 11 is 6.19. The highest BCUT2D eigenvalue weighted by atomic mass is 35.5. The van der Waals surface area contributed by atoms with E-state index in [1.54, 1.807) is 6.07 Å². The summed E-state index contributed by atoms with van der Waals surface area (Å²) < 4.78 is 39.7. The number of hydrogen-bond acceptors (Lipinski definition) is 2. The third kappa shape index (κ3) is 3.55. The van der Waals surface area contributed by atoms with Crippen LogP contribution in [0.3, 0.4) is 0 Å². The van der Waals surface area contributed by atoms with Crippen molar-refractivity contribution >= 4 is 23.0 Å². The summed E-state index contributed by atoms with van der Waals surface area (Å²) in [7, 11) is 0. The smallest absolute Gasteiger partial charge is 0.417 e. The zero-order valence-electron chi connectivity index (χ0n) is 13.6. The predicted octanol–water partition coefficient (Wildman–Crippen LogP) is 5.18. The van der Waals surface area contributed by atoms with Gasteiger partial charge in [-0.05, 0) is 35.8 Å². The number of halogens is 4. The van der Waals surface area contributed by atoms with Crippen molar-refractivity contribution in [2.75, 3.05) is 13.1 Å². The Labute approximate surface area is 153 Å². The summed E-state index contributed by atoms with van der Waals surface area (Å²) in [6.07, 6.45) is -2.25. The highest BCUT2D eigenvalue weighted by molar-refractivity contribution is 6.32. The Morgan fingerprint density at radius 1 is 1.12 bits per heavy atom. The van der Waals surface area contributed by atoms with E-state index in [1.807, 2.05) is 24.3 Å². The second kappa shape index (κ2) is 7.03. The minimum absolute atomic E-state index is 0.269. The van der Waals surface area contributed by atoms with Crippen LogP contribution in [0, 0.1) is 5.41 Å². The van der Waals surface area contributed by atoms with Crippen LogP contribution in [0.25, 0.3) is 5.57 Å².